The molecule has 3 aliphatic heterocycles. The molecular formula is C83H79Cl5N12O13. The fraction of sp³-hybridized carbons (Fsp3) is 0.265. The van der Waals surface area contributed by atoms with E-state index in [1.165, 1.54) is 9.13 Å². The van der Waals surface area contributed by atoms with Crippen LogP contribution in [0.4, 0.5) is 28.4 Å². The number of piperazine rings is 3. The number of ether oxygens (including phenoxy) is 2. The number of aromatic nitrogens is 3. The number of anilines is 3. The van der Waals surface area contributed by atoms with Gasteiger partial charge in [0.05, 0.1) is 68.9 Å². The largest absolute Gasteiger partial charge is 0.497 e. The van der Waals surface area contributed by atoms with Crippen molar-refractivity contribution in [3.05, 3.63) is 297 Å². The Morgan fingerprint density at radius 1 is 0.451 bits per heavy atom. The van der Waals surface area contributed by atoms with Gasteiger partial charge in [-0.15, -0.1) is 0 Å². The molecule has 113 heavy (non-hydrogen) atoms. The van der Waals surface area contributed by atoms with Gasteiger partial charge in [-0.2, -0.15) is 0 Å². The fourth-order valence-electron chi connectivity index (χ4n) is 14.3. The zero-order chi connectivity index (χ0) is 80.5. The van der Waals surface area contributed by atoms with Crippen molar-refractivity contribution in [3.63, 3.8) is 0 Å². The van der Waals surface area contributed by atoms with E-state index in [1.807, 2.05) is 115 Å². The highest BCUT2D eigenvalue weighted by Gasteiger charge is 2.36. The molecule has 25 nitrogen and oxygen atoms in total. The van der Waals surface area contributed by atoms with Crippen molar-refractivity contribution in [1.82, 2.24) is 33.3 Å². The number of hydrogen-bond acceptors (Lipinski definition) is 17. The molecule has 11 aromatic rings. The molecule has 14 rings (SSSR count). The van der Waals surface area contributed by atoms with Gasteiger partial charge in [0.25, 0.3) is 23.3 Å². The predicted octanol–water partition coefficient (Wildman–Crippen LogP) is 14.1. The minimum Gasteiger partial charge on any atom is -0.497 e. The van der Waals surface area contributed by atoms with E-state index >= 15 is 0 Å². The van der Waals surface area contributed by atoms with Crippen LogP contribution in [-0.4, -0.2) is 180 Å². The summed E-state index contributed by atoms with van der Waals surface area (Å²) in [4.78, 5) is 129. The van der Waals surface area contributed by atoms with Gasteiger partial charge in [-0.3, -0.25) is 58.1 Å². The summed E-state index contributed by atoms with van der Waals surface area (Å²) in [6, 6.07) is 53.0. The molecule has 30 heteroatoms. The van der Waals surface area contributed by atoms with Gasteiger partial charge in [0, 0.05) is 140 Å². The molecule has 0 atom stereocenters. The number of carbonyl (C=O) groups excluding carboxylic acids is 4. The van der Waals surface area contributed by atoms with Crippen molar-refractivity contribution in [2.45, 2.75) is 33.5 Å². The first kappa shape index (κ1) is 81.2. The Balaban J connectivity index is 0.000000157. The summed E-state index contributed by atoms with van der Waals surface area (Å²) in [5.74, 6) is -0.395. The number of likely N-dealkylation sites (N-methyl/N-ethyl adjacent to an activating group) is 1. The standard InChI is InChI=1S/C28H32Cl2N4O4.C28H25ClN4O5.C27H22Cl2N4O4/c1-5-38-28(37)24-25(20-16-18(2)6-9-23(20)34(27(24)36)15-10-31(3)4)32-11-13-33(14-12-32)26(35)19-7-8-21(29)22(30)17-19;1-38-22-10-7-20(8-11-22)27(34)31-15-13-30(14-16-31)25-23-17-21(29)9-12-24(23)32(28(35)26(25)33(36)37)18-19-5-3-2-4-6-19;28-20-8-6-19(7-9-20)26(34)31-14-12-30(13-15-31)24-22-16-21(29)10-11-23(22)32(27(35)25(24)33(36)37)17-18-4-2-1-3-5-18/h6-9,16-17H,5,10-15H2,1-4H3;2-12,17H,13-16,18H2,1H3;1-11,16H,12-15,17H2. The van der Waals surface area contributed by atoms with Crippen LogP contribution in [-0.2, 0) is 24.4 Å². The van der Waals surface area contributed by atoms with Crippen molar-refractivity contribution in [1.29, 1.82) is 0 Å². The van der Waals surface area contributed by atoms with Gasteiger partial charge in [-0.1, -0.05) is 130 Å². The molecule has 8 aromatic carbocycles. The van der Waals surface area contributed by atoms with Crippen LogP contribution in [0.5, 0.6) is 5.75 Å². The second kappa shape index (κ2) is 36.0. The molecule has 584 valence electrons. The number of pyridine rings is 3. The average Bonchev–Trinajstić information content (AvgIpc) is 0.754. The molecule has 0 saturated carbocycles. The van der Waals surface area contributed by atoms with Gasteiger partial charge in [-0.25, -0.2) is 4.79 Å². The van der Waals surface area contributed by atoms with E-state index in [9.17, 15) is 53.8 Å². The highest BCUT2D eigenvalue weighted by atomic mass is 35.5. The topological polar surface area (TPSA) is 262 Å². The Morgan fingerprint density at radius 2 is 0.850 bits per heavy atom. The third-order valence-electron chi connectivity index (χ3n) is 20.0. The van der Waals surface area contributed by atoms with E-state index in [0.29, 0.717) is 167 Å². The zero-order valence-corrected chi connectivity index (χ0v) is 66.2. The molecule has 0 bridgehead atoms. The normalized spacial score (nSPS) is 13.7. The number of aryl methyl sites for hydroxylation is 1. The fourth-order valence-corrected chi connectivity index (χ4v) is 15.1. The lowest BCUT2D eigenvalue weighted by Gasteiger charge is -2.37. The highest BCUT2D eigenvalue weighted by Crippen LogP contribution is 2.39. The maximum absolute atomic E-state index is 13.8. The third kappa shape index (κ3) is 18.1. The Labute approximate surface area is 674 Å². The van der Waals surface area contributed by atoms with Gasteiger partial charge in [0.1, 0.15) is 22.7 Å². The summed E-state index contributed by atoms with van der Waals surface area (Å²) in [5.41, 5.74) is 4.44. The summed E-state index contributed by atoms with van der Waals surface area (Å²) in [6.45, 7) is 9.70. The molecule has 3 amide bonds. The molecule has 3 saturated heterocycles. The first-order valence-corrected chi connectivity index (χ1v) is 38.3. The lowest BCUT2D eigenvalue weighted by Crippen LogP contribution is -2.50. The van der Waals surface area contributed by atoms with Gasteiger partial charge in [-0.05, 0) is 154 Å². The van der Waals surface area contributed by atoms with Crippen molar-refractivity contribution in [2.75, 3.05) is 128 Å². The van der Waals surface area contributed by atoms with E-state index in [4.69, 9.17) is 67.5 Å². The van der Waals surface area contributed by atoms with Crippen LogP contribution in [0.3, 0.4) is 0 Å². The van der Waals surface area contributed by atoms with Crippen LogP contribution in [0.15, 0.2) is 196 Å². The molecule has 0 spiro atoms. The third-order valence-corrected chi connectivity index (χ3v) is 21.4. The number of halogens is 5. The Morgan fingerprint density at radius 3 is 1.27 bits per heavy atom. The molecule has 3 aliphatic rings. The quantitative estimate of drug-likeness (QED) is 0.0439. The summed E-state index contributed by atoms with van der Waals surface area (Å²) in [5, 5.41) is 28.5. The van der Waals surface area contributed by atoms with Crippen molar-refractivity contribution >= 4 is 143 Å². The number of hydrogen-bond donors (Lipinski definition) is 0. The smallest absolute Gasteiger partial charge is 0.357 e. The maximum Gasteiger partial charge on any atom is 0.357 e. The first-order chi connectivity index (χ1) is 54.3. The van der Waals surface area contributed by atoms with Crippen LogP contribution in [0, 0.1) is 27.2 Å². The lowest BCUT2D eigenvalue weighted by molar-refractivity contribution is -0.385. The van der Waals surface area contributed by atoms with Crippen LogP contribution in [0.2, 0.25) is 25.1 Å². The lowest BCUT2D eigenvalue weighted by atomic mass is 10.0. The number of esters is 1. The SMILES string of the molecule is CCOC(=O)c1c(N2CCN(C(=O)c3ccc(Cl)c(Cl)c3)CC2)c2cc(C)ccc2n(CCN(C)C)c1=O.COc1ccc(C(=O)N2CCN(c3c([N+](=O)[O-])c(=O)n(Cc4ccccc4)c4ccc(Cl)cc34)CC2)cc1.O=C(c1ccc(Cl)cc1)N1CCN(c2c([N+](=O)[O-])c(=O)n(Cc3ccccc3)c3ccc(Cl)cc23)CC1. The number of rotatable bonds is 18. The number of amides is 3. The number of nitro groups is 2. The molecule has 0 aliphatic carbocycles. The summed E-state index contributed by atoms with van der Waals surface area (Å²) in [6.07, 6.45) is 0. The van der Waals surface area contributed by atoms with Gasteiger partial charge in [0.2, 0.25) is 0 Å². The van der Waals surface area contributed by atoms with E-state index in [1.54, 1.807) is 141 Å². The average molecular weight is 1630 g/mol. The van der Waals surface area contributed by atoms with Crippen molar-refractivity contribution in [2.24, 2.45) is 0 Å². The number of methoxy groups -OCH3 is 1. The van der Waals surface area contributed by atoms with E-state index in [-0.39, 0.29) is 59.9 Å². The predicted molar refractivity (Wildman–Crippen MR) is 444 cm³/mol. The van der Waals surface area contributed by atoms with E-state index in [0.717, 1.165) is 27.6 Å². The van der Waals surface area contributed by atoms with Crippen molar-refractivity contribution < 1.29 is 38.5 Å². The first-order valence-electron chi connectivity index (χ1n) is 36.4. The van der Waals surface area contributed by atoms with E-state index in [2.05, 4.69) is 0 Å². The minimum absolute atomic E-state index is 0.0352. The van der Waals surface area contributed by atoms with Crippen LogP contribution in [0.25, 0.3) is 32.7 Å². The zero-order valence-electron chi connectivity index (χ0n) is 62.4. The molecule has 0 unspecified atom stereocenters. The van der Waals surface area contributed by atoms with Gasteiger partial charge in [0.15, 0.2) is 0 Å². The number of carbonyl (C=O) groups is 4. The molecule has 0 radical (unpaired) electrons. The number of benzene rings is 8. The number of nitrogens with zero attached hydrogens (tertiary/aromatic N) is 12. The molecule has 3 fully saturated rings. The summed E-state index contributed by atoms with van der Waals surface area (Å²) >= 11 is 30.7. The second-order valence-electron chi connectivity index (χ2n) is 27.4. The van der Waals surface area contributed by atoms with Gasteiger partial charge < -0.3 is 48.3 Å². The molecule has 3 aromatic heterocycles. The van der Waals surface area contributed by atoms with Crippen LogP contribution < -0.4 is 36.1 Å². The van der Waals surface area contributed by atoms with E-state index < -0.39 is 38.3 Å². The van der Waals surface area contributed by atoms with Gasteiger partial charge >= 0.3 is 28.5 Å². The van der Waals surface area contributed by atoms with Crippen LogP contribution >= 0.6 is 58.0 Å². The Hall–Kier alpha value is -11.3. The Kier molecular flexibility index (Phi) is 25.9. The molecule has 6 heterocycles. The second-order valence-corrected chi connectivity index (χ2v) is 29.5. The number of fused-ring (bicyclic) bond motifs is 3. The molecule has 0 N–H and O–H groups in total. The molecular weight excluding hydrogens is 1550 g/mol. The monoisotopic (exact) mass is 1630 g/mol. The maximum atomic E-state index is 13.8. The van der Waals surface area contributed by atoms with Crippen molar-refractivity contribution in [3.8, 4) is 5.75 Å². The summed E-state index contributed by atoms with van der Waals surface area (Å²) in [7, 11) is 5.44. The van der Waals surface area contributed by atoms with Crippen LogP contribution in [0.1, 0.15) is 65.0 Å². The minimum atomic E-state index is -0.682. The summed E-state index contributed by atoms with van der Waals surface area (Å²) < 4.78 is 15.0. The highest BCUT2D eigenvalue weighted by molar-refractivity contribution is 6.42. The Bertz CT molecular complexity index is 5630.